The summed E-state index contributed by atoms with van der Waals surface area (Å²) in [6.07, 6.45) is 6.56. The summed E-state index contributed by atoms with van der Waals surface area (Å²) >= 11 is 4.94. The molecule has 0 bridgehead atoms. The van der Waals surface area contributed by atoms with E-state index in [1.54, 1.807) is 22.2 Å². The molecule has 1 N–H and O–H groups in total. The SMILES string of the molecule is C[C@H](Cn1cc(Br)cn1)C(=O)Nc1sc2c(c1C#N)CC[C@@H](C(C)(C)C)C2. The smallest absolute Gasteiger partial charge is 0.229 e. The highest BCUT2D eigenvalue weighted by Crippen LogP contribution is 2.44. The molecule has 0 aromatic carbocycles. The maximum atomic E-state index is 12.7. The van der Waals surface area contributed by atoms with Gasteiger partial charge in [-0.05, 0) is 52.1 Å². The Bertz CT molecular complexity index is 887. The van der Waals surface area contributed by atoms with Gasteiger partial charge in [0.05, 0.1) is 28.7 Å². The zero-order valence-corrected chi connectivity index (χ0v) is 18.6. The van der Waals surface area contributed by atoms with E-state index in [1.165, 1.54) is 4.88 Å². The molecular formula is C20H25BrN4OS. The van der Waals surface area contributed by atoms with Gasteiger partial charge in [0.15, 0.2) is 0 Å². The number of rotatable bonds is 4. The lowest BCUT2D eigenvalue weighted by atomic mass is 9.72. The molecule has 1 amide bonds. The molecule has 0 saturated heterocycles. The van der Waals surface area contributed by atoms with Crippen molar-refractivity contribution in [3.8, 4) is 6.07 Å². The van der Waals surface area contributed by atoms with Crippen LogP contribution in [0.2, 0.25) is 0 Å². The van der Waals surface area contributed by atoms with Crippen LogP contribution in [0.1, 0.15) is 50.1 Å². The van der Waals surface area contributed by atoms with Crippen LogP contribution in [-0.4, -0.2) is 15.7 Å². The summed E-state index contributed by atoms with van der Waals surface area (Å²) < 4.78 is 2.63. The van der Waals surface area contributed by atoms with Crippen LogP contribution in [0.15, 0.2) is 16.9 Å². The average molecular weight is 449 g/mol. The van der Waals surface area contributed by atoms with E-state index in [0.717, 1.165) is 29.3 Å². The second-order valence-corrected chi connectivity index (χ2v) is 10.4. The Hall–Kier alpha value is -1.65. The van der Waals surface area contributed by atoms with Gasteiger partial charge in [0.25, 0.3) is 0 Å². The fourth-order valence-corrected chi connectivity index (χ4v) is 5.18. The highest BCUT2D eigenvalue weighted by atomic mass is 79.9. The second kappa shape index (κ2) is 7.76. The molecule has 0 fully saturated rings. The highest BCUT2D eigenvalue weighted by Gasteiger charge is 2.32. The number of nitrogens with zero attached hydrogens (tertiary/aromatic N) is 3. The van der Waals surface area contributed by atoms with E-state index in [-0.39, 0.29) is 17.2 Å². The quantitative estimate of drug-likeness (QED) is 0.714. The standard InChI is InChI=1S/C20H25BrN4OS/c1-12(10-25-11-14(21)9-23-25)18(26)24-19-16(8-22)15-6-5-13(20(2,3)4)7-17(15)27-19/h9,11-13H,5-7,10H2,1-4H3,(H,24,26)/t12-,13-/m1/s1. The molecule has 27 heavy (non-hydrogen) atoms. The lowest BCUT2D eigenvalue weighted by molar-refractivity contribution is -0.119. The fraction of sp³-hybridized carbons (Fsp3) is 0.550. The number of thiophene rings is 1. The molecule has 3 rings (SSSR count). The molecule has 7 heteroatoms. The lowest BCUT2D eigenvalue weighted by Gasteiger charge is -2.33. The number of carbonyl (C=O) groups excluding carboxylic acids is 1. The average Bonchev–Trinajstić information content (AvgIpc) is 3.15. The van der Waals surface area contributed by atoms with Gasteiger partial charge in [-0.3, -0.25) is 9.48 Å². The van der Waals surface area contributed by atoms with Gasteiger partial charge in [-0.2, -0.15) is 10.4 Å². The maximum Gasteiger partial charge on any atom is 0.229 e. The Labute approximate surface area is 172 Å². The molecule has 2 heterocycles. The van der Waals surface area contributed by atoms with Gasteiger partial charge in [-0.1, -0.05) is 27.7 Å². The first-order chi connectivity index (χ1) is 12.7. The minimum atomic E-state index is -0.246. The molecule has 2 aromatic rings. The third kappa shape index (κ3) is 4.44. The number of halogens is 1. The zero-order chi connectivity index (χ0) is 19.8. The van der Waals surface area contributed by atoms with Crippen LogP contribution < -0.4 is 5.32 Å². The molecule has 2 aromatic heterocycles. The largest absolute Gasteiger partial charge is 0.316 e. The zero-order valence-electron chi connectivity index (χ0n) is 16.2. The summed E-state index contributed by atoms with van der Waals surface area (Å²) in [5, 5.41) is 17.6. The first kappa shape index (κ1) is 20.1. The van der Waals surface area contributed by atoms with E-state index in [2.05, 4.69) is 53.2 Å². The van der Waals surface area contributed by atoms with Crippen molar-refractivity contribution in [2.24, 2.45) is 17.3 Å². The van der Waals surface area contributed by atoms with Crippen molar-refractivity contribution in [1.82, 2.24) is 9.78 Å². The van der Waals surface area contributed by atoms with Gasteiger partial charge in [-0.15, -0.1) is 11.3 Å². The van der Waals surface area contributed by atoms with Crippen LogP contribution >= 0.6 is 27.3 Å². The third-order valence-corrected chi connectivity index (χ3v) is 6.93. The topological polar surface area (TPSA) is 70.7 Å². The van der Waals surface area contributed by atoms with Crippen LogP contribution in [0.3, 0.4) is 0 Å². The Morgan fingerprint density at radius 2 is 2.30 bits per heavy atom. The summed E-state index contributed by atoms with van der Waals surface area (Å²) in [5.74, 6) is 0.282. The minimum absolute atomic E-state index is 0.0795. The summed E-state index contributed by atoms with van der Waals surface area (Å²) in [4.78, 5) is 13.9. The normalized spacial score (nSPS) is 17.9. The predicted octanol–water partition coefficient (Wildman–Crippen LogP) is 5.00. The van der Waals surface area contributed by atoms with Crippen LogP contribution in [0.25, 0.3) is 0 Å². The molecule has 1 aliphatic carbocycles. The first-order valence-electron chi connectivity index (χ1n) is 9.22. The van der Waals surface area contributed by atoms with Crippen molar-refractivity contribution in [2.45, 2.75) is 53.5 Å². The Morgan fingerprint density at radius 1 is 1.56 bits per heavy atom. The number of fused-ring (bicyclic) bond motifs is 1. The van der Waals surface area contributed by atoms with E-state index in [0.29, 0.717) is 23.0 Å². The van der Waals surface area contributed by atoms with Gasteiger partial charge in [0.1, 0.15) is 11.1 Å². The number of hydrogen-bond acceptors (Lipinski definition) is 4. The number of carbonyl (C=O) groups is 1. The minimum Gasteiger partial charge on any atom is -0.316 e. The second-order valence-electron chi connectivity index (χ2n) is 8.40. The highest BCUT2D eigenvalue weighted by molar-refractivity contribution is 9.10. The third-order valence-electron chi connectivity index (χ3n) is 5.35. The molecule has 0 aliphatic heterocycles. The van der Waals surface area contributed by atoms with Gasteiger partial charge < -0.3 is 5.32 Å². The molecule has 144 valence electrons. The molecule has 1 aliphatic rings. The summed E-state index contributed by atoms with van der Waals surface area (Å²) in [7, 11) is 0. The number of hydrogen-bond donors (Lipinski definition) is 1. The van der Waals surface area contributed by atoms with Crippen molar-refractivity contribution < 1.29 is 4.79 Å². The number of nitrogens with one attached hydrogen (secondary N) is 1. The van der Waals surface area contributed by atoms with Crippen LogP contribution in [0.4, 0.5) is 5.00 Å². The summed E-state index contributed by atoms with van der Waals surface area (Å²) in [6.45, 7) is 9.20. The van der Waals surface area contributed by atoms with E-state index in [4.69, 9.17) is 0 Å². The van der Waals surface area contributed by atoms with Crippen molar-refractivity contribution in [1.29, 1.82) is 5.26 Å². The van der Waals surface area contributed by atoms with Crippen molar-refractivity contribution >= 4 is 38.2 Å². The Balaban J connectivity index is 1.74. The number of aromatic nitrogens is 2. The van der Waals surface area contributed by atoms with Crippen LogP contribution in [-0.2, 0) is 24.2 Å². The summed E-state index contributed by atoms with van der Waals surface area (Å²) in [5.41, 5.74) is 2.05. The number of amides is 1. The van der Waals surface area contributed by atoms with E-state index in [1.807, 2.05) is 13.1 Å². The van der Waals surface area contributed by atoms with Crippen LogP contribution in [0, 0.1) is 28.6 Å². The Morgan fingerprint density at radius 3 is 2.89 bits per heavy atom. The van der Waals surface area contributed by atoms with E-state index < -0.39 is 0 Å². The monoisotopic (exact) mass is 448 g/mol. The van der Waals surface area contributed by atoms with E-state index >= 15 is 0 Å². The Kier molecular flexibility index (Phi) is 5.78. The van der Waals surface area contributed by atoms with Gasteiger partial charge in [0, 0.05) is 11.1 Å². The summed E-state index contributed by atoms with van der Waals surface area (Å²) in [6, 6.07) is 2.33. The first-order valence-corrected chi connectivity index (χ1v) is 10.8. The molecule has 2 atom stereocenters. The van der Waals surface area contributed by atoms with Gasteiger partial charge in [-0.25, -0.2) is 0 Å². The molecule has 0 radical (unpaired) electrons. The van der Waals surface area contributed by atoms with Crippen LogP contribution in [0.5, 0.6) is 0 Å². The molecule has 0 unspecified atom stereocenters. The van der Waals surface area contributed by atoms with Crippen molar-refractivity contribution in [2.75, 3.05) is 5.32 Å². The molecule has 0 spiro atoms. The predicted molar refractivity (Wildman–Crippen MR) is 112 cm³/mol. The lowest BCUT2D eigenvalue weighted by Crippen LogP contribution is -2.26. The molecule has 5 nitrogen and oxygen atoms in total. The van der Waals surface area contributed by atoms with Crippen molar-refractivity contribution in [3.63, 3.8) is 0 Å². The maximum absolute atomic E-state index is 12.7. The number of anilines is 1. The number of nitriles is 1. The molecular weight excluding hydrogens is 424 g/mol. The molecule has 0 saturated carbocycles. The van der Waals surface area contributed by atoms with Gasteiger partial charge >= 0.3 is 0 Å². The fourth-order valence-electron chi connectivity index (χ4n) is 3.57. The van der Waals surface area contributed by atoms with E-state index in [9.17, 15) is 10.1 Å². The van der Waals surface area contributed by atoms with Gasteiger partial charge in [0.2, 0.25) is 5.91 Å². The van der Waals surface area contributed by atoms with Crippen molar-refractivity contribution in [3.05, 3.63) is 32.9 Å².